The Hall–Kier alpha value is -1.54. The maximum atomic E-state index is 3.78. The molecule has 1 N–H and O–H groups in total. The molecule has 1 aromatic heterocycles. The van der Waals surface area contributed by atoms with Gasteiger partial charge >= 0.3 is 0 Å². The molecule has 2 heteroatoms. The molecule has 15 heavy (non-hydrogen) atoms. The van der Waals surface area contributed by atoms with E-state index in [0.29, 0.717) is 0 Å². The summed E-state index contributed by atoms with van der Waals surface area (Å²) in [4.78, 5) is 0. The third kappa shape index (κ3) is 1.81. The van der Waals surface area contributed by atoms with E-state index in [1.807, 2.05) is 13.1 Å². The number of hydrogen-bond donors (Lipinski definition) is 1. The van der Waals surface area contributed by atoms with Crippen LogP contribution in [-0.4, -0.2) is 11.6 Å². The number of nitrogens with one attached hydrogen (secondary N) is 1. The maximum Gasteiger partial charge on any atom is 0.0528 e. The number of benzene rings is 1. The Morgan fingerprint density at radius 3 is 3.00 bits per heavy atom. The van der Waals surface area contributed by atoms with Gasteiger partial charge in [-0.2, -0.15) is 0 Å². The summed E-state index contributed by atoms with van der Waals surface area (Å²) < 4.78 is 2.23. The maximum absolute atomic E-state index is 3.78. The van der Waals surface area contributed by atoms with E-state index in [2.05, 4.69) is 46.9 Å². The molecule has 2 aromatic rings. The van der Waals surface area contributed by atoms with Gasteiger partial charge in [0, 0.05) is 19.3 Å². The molecule has 0 aliphatic rings. The Bertz CT molecular complexity index is 468. The van der Waals surface area contributed by atoms with E-state index in [9.17, 15) is 0 Å². The molecular formula is C13H16N2. The van der Waals surface area contributed by atoms with Gasteiger partial charge in [0.2, 0.25) is 0 Å². The van der Waals surface area contributed by atoms with Crippen molar-refractivity contribution < 1.29 is 0 Å². The van der Waals surface area contributed by atoms with Gasteiger partial charge in [-0.1, -0.05) is 24.3 Å². The normalized spacial score (nSPS) is 10.7. The van der Waals surface area contributed by atoms with Crippen LogP contribution in [0.3, 0.4) is 0 Å². The quantitative estimate of drug-likeness (QED) is 0.750. The minimum atomic E-state index is 0.865. The van der Waals surface area contributed by atoms with Crippen LogP contribution in [0.15, 0.2) is 43.1 Å². The minimum Gasteiger partial charge on any atom is -0.343 e. The Balaban J connectivity index is 2.57. The van der Waals surface area contributed by atoms with Crippen LogP contribution in [0.4, 0.5) is 0 Å². The zero-order chi connectivity index (χ0) is 10.7. The zero-order valence-corrected chi connectivity index (χ0v) is 9.03. The summed E-state index contributed by atoms with van der Waals surface area (Å²) in [5.74, 6) is 0. The first-order valence-electron chi connectivity index (χ1n) is 5.19. The number of hydrogen-bond acceptors (Lipinski definition) is 1. The van der Waals surface area contributed by atoms with Gasteiger partial charge in [0.05, 0.1) is 5.52 Å². The highest BCUT2D eigenvalue weighted by atomic mass is 15.0. The molecule has 0 radical (unpaired) electrons. The average Bonchev–Trinajstić information content (AvgIpc) is 2.64. The van der Waals surface area contributed by atoms with E-state index in [1.54, 1.807) is 0 Å². The van der Waals surface area contributed by atoms with Gasteiger partial charge in [-0.15, -0.1) is 6.58 Å². The summed E-state index contributed by atoms with van der Waals surface area (Å²) in [5, 5.41) is 4.49. The number of allylic oxidation sites excluding steroid dienone is 1. The molecule has 0 aliphatic carbocycles. The van der Waals surface area contributed by atoms with Crippen LogP contribution in [0.25, 0.3) is 10.9 Å². The topological polar surface area (TPSA) is 17.0 Å². The van der Waals surface area contributed by atoms with Crippen LogP contribution in [-0.2, 0) is 13.1 Å². The van der Waals surface area contributed by atoms with Crippen LogP contribution < -0.4 is 5.32 Å². The van der Waals surface area contributed by atoms with Crippen molar-refractivity contribution in [3.05, 3.63) is 48.7 Å². The molecule has 0 bridgehead atoms. The first-order valence-corrected chi connectivity index (χ1v) is 5.19. The average molecular weight is 200 g/mol. The zero-order valence-electron chi connectivity index (χ0n) is 9.03. The molecule has 0 amide bonds. The van der Waals surface area contributed by atoms with E-state index in [4.69, 9.17) is 0 Å². The lowest BCUT2D eigenvalue weighted by atomic mass is 10.1. The van der Waals surface area contributed by atoms with Gasteiger partial charge in [0.15, 0.2) is 0 Å². The summed E-state index contributed by atoms with van der Waals surface area (Å²) in [7, 11) is 1.97. The van der Waals surface area contributed by atoms with Crippen LogP contribution in [0.2, 0.25) is 0 Å². The first kappa shape index (κ1) is 9.99. The third-order valence-corrected chi connectivity index (χ3v) is 2.57. The highest BCUT2D eigenvalue weighted by Crippen LogP contribution is 2.20. The summed E-state index contributed by atoms with van der Waals surface area (Å²) >= 11 is 0. The summed E-state index contributed by atoms with van der Waals surface area (Å²) in [6.45, 7) is 5.55. The first-order chi connectivity index (χ1) is 7.36. The van der Waals surface area contributed by atoms with E-state index in [-0.39, 0.29) is 0 Å². The number of fused-ring (bicyclic) bond motifs is 1. The lowest BCUT2D eigenvalue weighted by molar-refractivity contribution is 0.804. The monoisotopic (exact) mass is 200 g/mol. The van der Waals surface area contributed by atoms with Crippen molar-refractivity contribution in [2.45, 2.75) is 13.1 Å². The molecular weight excluding hydrogens is 184 g/mol. The largest absolute Gasteiger partial charge is 0.343 e. The van der Waals surface area contributed by atoms with E-state index < -0.39 is 0 Å². The van der Waals surface area contributed by atoms with Gasteiger partial charge in [-0.05, 0) is 24.1 Å². The number of aromatic nitrogens is 1. The predicted octanol–water partition coefficient (Wildman–Crippen LogP) is 2.55. The van der Waals surface area contributed by atoms with E-state index in [1.165, 1.54) is 16.5 Å². The molecule has 1 aromatic carbocycles. The van der Waals surface area contributed by atoms with Gasteiger partial charge < -0.3 is 9.88 Å². The second kappa shape index (κ2) is 4.32. The third-order valence-electron chi connectivity index (χ3n) is 2.57. The molecule has 78 valence electrons. The van der Waals surface area contributed by atoms with Crippen molar-refractivity contribution >= 4 is 10.9 Å². The van der Waals surface area contributed by atoms with Crippen molar-refractivity contribution in [3.8, 4) is 0 Å². The molecule has 1 heterocycles. The number of nitrogens with zero attached hydrogens (tertiary/aromatic N) is 1. The van der Waals surface area contributed by atoms with Crippen molar-refractivity contribution in [2.75, 3.05) is 7.05 Å². The number of rotatable bonds is 4. The van der Waals surface area contributed by atoms with Gasteiger partial charge in [0.1, 0.15) is 0 Å². The van der Waals surface area contributed by atoms with Crippen LogP contribution in [0.5, 0.6) is 0 Å². The van der Waals surface area contributed by atoms with Crippen molar-refractivity contribution in [1.29, 1.82) is 0 Å². The van der Waals surface area contributed by atoms with Crippen molar-refractivity contribution in [3.63, 3.8) is 0 Å². The van der Waals surface area contributed by atoms with Gasteiger partial charge in [-0.25, -0.2) is 0 Å². The second-order valence-corrected chi connectivity index (χ2v) is 3.64. The summed E-state index contributed by atoms with van der Waals surface area (Å²) in [6, 6.07) is 8.57. The Labute approximate surface area is 90.2 Å². The van der Waals surface area contributed by atoms with Crippen LogP contribution in [0, 0.1) is 0 Å². The van der Waals surface area contributed by atoms with Crippen molar-refractivity contribution in [2.24, 2.45) is 0 Å². The Kier molecular flexibility index (Phi) is 2.88. The smallest absolute Gasteiger partial charge is 0.0528 e. The fourth-order valence-electron chi connectivity index (χ4n) is 1.97. The van der Waals surface area contributed by atoms with Gasteiger partial charge in [-0.3, -0.25) is 0 Å². The highest BCUT2D eigenvalue weighted by Gasteiger charge is 2.04. The van der Waals surface area contributed by atoms with E-state index in [0.717, 1.165) is 13.1 Å². The van der Waals surface area contributed by atoms with E-state index >= 15 is 0 Å². The molecule has 0 saturated heterocycles. The molecule has 0 atom stereocenters. The van der Waals surface area contributed by atoms with Gasteiger partial charge in [0.25, 0.3) is 0 Å². The lowest BCUT2D eigenvalue weighted by Gasteiger charge is -2.07. The minimum absolute atomic E-state index is 0.865. The Morgan fingerprint density at radius 1 is 1.40 bits per heavy atom. The molecule has 0 spiro atoms. The fraction of sp³-hybridized carbons (Fsp3) is 0.231. The number of para-hydroxylation sites is 1. The molecule has 2 nitrogen and oxygen atoms in total. The SMILES string of the molecule is C=CCn1ccc2cccc(CNC)c21. The summed E-state index contributed by atoms with van der Waals surface area (Å²) in [5.41, 5.74) is 2.65. The van der Waals surface area contributed by atoms with Crippen LogP contribution >= 0.6 is 0 Å². The second-order valence-electron chi connectivity index (χ2n) is 3.64. The lowest BCUT2D eigenvalue weighted by Crippen LogP contribution is -2.07. The molecule has 2 rings (SSSR count). The molecule has 0 unspecified atom stereocenters. The predicted molar refractivity (Wildman–Crippen MR) is 64.9 cm³/mol. The standard InChI is InChI=1S/C13H16N2/c1-3-8-15-9-7-11-5-4-6-12(10-14-2)13(11)15/h3-7,9,14H,1,8,10H2,2H3. The summed E-state index contributed by atoms with van der Waals surface area (Å²) in [6.07, 6.45) is 4.04. The highest BCUT2D eigenvalue weighted by molar-refractivity contribution is 5.83. The van der Waals surface area contributed by atoms with Crippen LogP contribution in [0.1, 0.15) is 5.56 Å². The fourth-order valence-corrected chi connectivity index (χ4v) is 1.97. The molecule has 0 fully saturated rings. The van der Waals surface area contributed by atoms with Crippen molar-refractivity contribution in [1.82, 2.24) is 9.88 Å². The Morgan fingerprint density at radius 2 is 2.27 bits per heavy atom. The molecule has 0 saturated carbocycles. The molecule has 0 aliphatic heterocycles.